The second-order valence-corrected chi connectivity index (χ2v) is 5.31. The summed E-state index contributed by atoms with van der Waals surface area (Å²) in [5.41, 5.74) is 0. The maximum atomic E-state index is 2.34. The Balaban J connectivity index is 3.32. The van der Waals surface area contributed by atoms with Gasteiger partial charge in [-0.05, 0) is 19.3 Å². The summed E-state index contributed by atoms with van der Waals surface area (Å²) in [6, 6.07) is 0. The van der Waals surface area contributed by atoms with Crippen molar-refractivity contribution in [1.29, 1.82) is 0 Å². The molecule has 1 heteroatoms. The SMILES string of the molecule is CCC=CCCCCCCB(CCC)CCC. The average molecular weight is 236 g/mol. The largest absolute Gasteiger partial charge is 0.139 e. The van der Waals surface area contributed by atoms with E-state index >= 15 is 0 Å². The van der Waals surface area contributed by atoms with Gasteiger partial charge in [0.05, 0.1) is 0 Å². The van der Waals surface area contributed by atoms with Crippen molar-refractivity contribution in [3.05, 3.63) is 12.2 Å². The Hall–Kier alpha value is -0.195. The van der Waals surface area contributed by atoms with Gasteiger partial charge in [-0.3, -0.25) is 0 Å². The zero-order valence-corrected chi connectivity index (χ0v) is 12.5. The molecule has 0 aliphatic carbocycles. The van der Waals surface area contributed by atoms with Crippen LogP contribution in [0.15, 0.2) is 12.2 Å². The molecule has 0 spiro atoms. The Bertz CT molecular complexity index is 157. The Morgan fingerprint density at radius 3 is 1.94 bits per heavy atom. The zero-order chi connectivity index (χ0) is 12.8. The van der Waals surface area contributed by atoms with Crippen molar-refractivity contribution in [2.45, 2.75) is 91.1 Å². The first kappa shape index (κ1) is 16.8. The van der Waals surface area contributed by atoms with Crippen LogP contribution in [0.4, 0.5) is 0 Å². The van der Waals surface area contributed by atoms with Gasteiger partial charge < -0.3 is 0 Å². The minimum absolute atomic E-state index is 1.02. The molecule has 0 aromatic rings. The van der Waals surface area contributed by atoms with Gasteiger partial charge in [-0.25, -0.2) is 0 Å². The molecular weight excluding hydrogens is 203 g/mol. The van der Waals surface area contributed by atoms with Crippen LogP contribution in [0.2, 0.25) is 19.0 Å². The summed E-state index contributed by atoms with van der Waals surface area (Å²) in [4.78, 5) is 0. The highest BCUT2D eigenvalue weighted by Crippen LogP contribution is 2.15. The molecule has 0 radical (unpaired) electrons. The molecule has 0 fully saturated rings. The van der Waals surface area contributed by atoms with Crippen molar-refractivity contribution in [3.63, 3.8) is 0 Å². The number of rotatable bonds is 12. The van der Waals surface area contributed by atoms with E-state index in [-0.39, 0.29) is 0 Å². The quantitative estimate of drug-likeness (QED) is 0.214. The lowest BCUT2D eigenvalue weighted by molar-refractivity contribution is 0.669. The van der Waals surface area contributed by atoms with E-state index in [1.807, 2.05) is 0 Å². The van der Waals surface area contributed by atoms with Crippen molar-refractivity contribution in [2.75, 3.05) is 0 Å². The molecule has 0 nitrogen and oxygen atoms in total. The molecule has 0 amide bonds. The maximum Gasteiger partial charge on any atom is 0.139 e. The number of hydrogen-bond acceptors (Lipinski definition) is 0. The van der Waals surface area contributed by atoms with Crippen LogP contribution in [0, 0.1) is 0 Å². The van der Waals surface area contributed by atoms with E-state index in [1.165, 1.54) is 70.3 Å². The van der Waals surface area contributed by atoms with E-state index < -0.39 is 0 Å². The van der Waals surface area contributed by atoms with E-state index in [2.05, 4.69) is 32.9 Å². The lowest BCUT2D eigenvalue weighted by Crippen LogP contribution is -2.10. The standard InChI is InChI=1S/C16H33B/c1-4-7-8-9-10-11-12-13-16-17(14-5-2)15-6-3/h7-8H,4-6,9-16H2,1-3H3. The topological polar surface area (TPSA) is 0 Å². The Kier molecular flexibility index (Phi) is 13.7. The Morgan fingerprint density at radius 2 is 1.35 bits per heavy atom. The lowest BCUT2D eigenvalue weighted by Gasteiger charge is -2.10. The van der Waals surface area contributed by atoms with E-state index in [4.69, 9.17) is 0 Å². The molecule has 0 aliphatic rings. The van der Waals surface area contributed by atoms with E-state index in [9.17, 15) is 0 Å². The number of hydrogen-bond donors (Lipinski definition) is 0. The Morgan fingerprint density at radius 1 is 0.706 bits per heavy atom. The first-order valence-electron chi connectivity index (χ1n) is 8.00. The van der Waals surface area contributed by atoms with Crippen LogP contribution >= 0.6 is 0 Å². The van der Waals surface area contributed by atoms with Gasteiger partial charge >= 0.3 is 0 Å². The fraction of sp³-hybridized carbons (Fsp3) is 0.875. The van der Waals surface area contributed by atoms with Gasteiger partial charge in [0.2, 0.25) is 0 Å². The zero-order valence-electron chi connectivity index (χ0n) is 12.5. The lowest BCUT2D eigenvalue weighted by atomic mass is 9.41. The number of allylic oxidation sites excluding steroid dienone is 2. The first-order valence-corrected chi connectivity index (χ1v) is 8.00. The third-order valence-electron chi connectivity index (χ3n) is 3.53. The van der Waals surface area contributed by atoms with Gasteiger partial charge in [0.1, 0.15) is 6.71 Å². The minimum Gasteiger partial charge on any atom is -0.0888 e. The highest BCUT2D eigenvalue weighted by atomic mass is 13.9. The summed E-state index contributed by atoms with van der Waals surface area (Å²) in [5.74, 6) is 0. The van der Waals surface area contributed by atoms with Crippen molar-refractivity contribution >= 4 is 6.71 Å². The second kappa shape index (κ2) is 13.9. The van der Waals surface area contributed by atoms with Gasteiger partial charge in [0.15, 0.2) is 0 Å². The fourth-order valence-electron chi connectivity index (χ4n) is 2.58. The first-order chi connectivity index (χ1) is 8.35. The predicted octanol–water partition coefficient (Wildman–Crippen LogP) is 6.22. The van der Waals surface area contributed by atoms with Gasteiger partial charge in [0.25, 0.3) is 0 Å². The molecule has 0 heterocycles. The minimum atomic E-state index is 1.02. The maximum absolute atomic E-state index is 2.34. The van der Waals surface area contributed by atoms with Crippen LogP contribution in [0.1, 0.15) is 72.1 Å². The summed E-state index contributed by atoms with van der Waals surface area (Å²) >= 11 is 0. The van der Waals surface area contributed by atoms with Crippen molar-refractivity contribution in [2.24, 2.45) is 0 Å². The Labute approximate surface area is 110 Å². The van der Waals surface area contributed by atoms with E-state index in [0.29, 0.717) is 0 Å². The summed E-state index contributed by atoms with van der Waals surface area (Å²) in [5, 5.41) is 0. The highest BCUT2D eigenvalue weighted by Gasteiger charge is 2.10. The fourth-order valence-corrected chi connectivity index (χ4v) is 2.58. The molecular formula is C16H33B. The molecule has 0 saturated heterocycles. The third-order valence-corrected chi connectivity index (χ3v) is 3.53. The highest BCUT2D eigenvalue weighted by molar-refractivity contribution is 6.58. The molecule has 0 atom stereocenters. The van der Waals surface area contributed by atoms with Crippen LogP contribution in [0.5, 0.6) is 0 Å². The molecule has 0 N–H and O–H groups in total. The molecule has 0 aromatic carbocycles. The molecule has 0 bridgehead atoms. The van der Waals surface area contributed by atoms with Crippen molar-refractivity contribution in [3.8, 4) is 0 Å². The summed E-state index contributed by atoms with van der Waals surface area (Å²) in [6.07, 6.45) is 20.0. The molecule has 17 heavy (non-hydrogen) atoms. The molecule has 0 unspecified atom stereocenters. The molecule has 0 aromatic heterocycles. The van der Waals surface area contributed by atoms with Crippen LogP contribution in [0.25, 0.3) is 0 Å². The smallest absolute Gasteiger partial charge is 0.0888 e. The summed E-state index contributed by atoms with van der Waals surface area (Å²) in [7, 11) is 0. The van der Waals surface area contributed by atoms with Gasteiger partial charge in [-0.15, -0.1) is 0 Å². The summed E-state index contributed by atoms with van der Waals surface area (Å²) in [6.45, 7) is 7.87. The van der Waals surface area contributed by atoms with Gasteiger partial charge in [-0.1, -0.05) is 84.0 Å². The molecule has 0 saturated carbocycles. The van der Waals surface area contributed by atoms with Crippen molar-refractivity contribution < 1.29 is 0 Å². The number of unbranched alkanes of at least 4 members (excludes halogenated alkanes) is 4. The van der Waals surface area contributed by atoms with Crippen LogP contribution in [-0.4, -0.2) is 6.71 Å². The second-order valence-electron chi connectivity index (χ2n) is 5.31. The van der Waals surface area contributed by atoms with Gasteiger partial charge in [0, 0.05) is 0 Å². The van der Waals surface area contributed by atoms with Crippen LogP contribution in [0.3, 0.4) is 0 Å². The van der Waals surface area contributed by atoms with E-state index in [1.54, 1.807) is 0 Å². The van der Waals surface area contributed by atoms with Crippen LogP contribution in [-0.2, 0) is 0 Å². The summed E-state index contributed by atoms with van der Waals surface area (Å²) < 4.78 is 0. The molecule has 0 rings (SSSR count). The predicted molar refractivity (Wildman–Crippen MR) is 83.3 cm³/mol. The normalized spacial score (nSPS) is 11.2. The van der Waals surface area contributed by atoms with Crippen LogP contribution < -0.4 is 0 Å². The van der Waals surface area contributed by atoms with Crippen molar-refractivity contribution in [1.82, 2.24) is 0 Å². The average Bonchev–Trinajstić information content (AvgIpc) is 2.33. The van der Waals surface area contributed by atoms with E-state index in [0.717, 1.165) is 6.71 Å². The monoisotopic (exact) mass is 236 g/mol. The molecule has 100 valence electrons. The molecule has 0 aliphatic heterocycles. The third kappa shape index (κ3) is 12.1. The van der Waals surface area contributed by atoms with Gasteiger partial charge in [-0.2, -0.15) is 0 Å².